The number of nitrogens with zero attached hydrogens (tertiary/aromatic N) is 2. The normalized spacial score (nSPS) is 10.5. The van der Waals surface area contributed by atoms with Crippen LogP contribution in [0.15, 0.2) is 134 Å². The molecule has 1 aromatic heterocycles. The largest absolute Gasteiger partial charge is 0.419 e. The third kappa shape index (κ3) is 5.63. The highest BCUT2D eigenvalue weighted by Crippen LogP contribution is 2.34. The first kappa shape index (κ1) is 23.7. The fourth-order valence-corrected chi connectivity index (χ4v) is 3.99. The number of pyridine rings is 1. The van der Waals surface area contributed by atoms with Crippen LogP contribution in [0, 0.1) is 0 Å². The molecule has 0 aliphatic carbocycles. The van der Waals surface area contributed by atoms with Crippen LogP contribution in [0.3, 0.4) is 0 Å². The zero-order valence-electron chi connectivity index (χ0n) is 20.0. The lowest BCUT2D eigenvalue weighted by Crippen LogP contribution is -2.31. The first-order chi connectivity index (χ1) is 18.2. The first-order valence-electron chi connectivity index (χ1n) is 11.9. The van der Waals surface area contributed by atoms with Crippen molar-refractivity contribution < 1.29 is 14.3 Å². The van der Waals surface area contributed by atoms with Crippen LogP contribution in [0.2, 0.25) is 0 Å². The predicted molar refractivity (Wildman–Crippen MR) is 144 cm³/mol. The lowest BCUT2D eigenvalue weighted by atomic mass is 10.1. The molecule has 180 valence electrons. The minimum absolute atomic E-state index is 0.203. The zero-order chi connectivity index (χ0) is 25.5. The molecule has 5 aromatic rings. The summed E-state index contributed by atoms with van der Waals surface area (Å²) < 4.78 is 5.83. The second-order valence-electron chi connectivity index (χ2n) is 8.40. The Labute approximate surface area is 215 Å². The molecule has 0 spiro atoms. The lowest BCUT2D eigenvalue weighted by Gasteiger charge is -2.25. The van der Waals surface area contributed by atoms with Crippen molar-refractivity contribution in [3.63, 3.8) is 0 Å². The Hall–Kier alpha value is -5.03. The van der Waals surface area contributed by atoms with Crippen molar-refractivity contribution in [1.82, 2.24) is 4.98 Å². The van der Waals surface area contributed by atoms with Crippen molar-refractivity contribution in [3.05, 3.63) is 150 Å². The number of rotatable bonds is 7. The topological polar surface area (TPSA) is 59.5 Å². The van der Waals surface area contributed by atoms with Crippen molar-refractivity contribution in [3.8, 4) is 17.0 Å². The molecule has 0 aliphatic rings. The number of ether oxygens (including phenoxy) is 1. The molecule has 0 aliphatic heterocycles. The first-order valence-corrected chi connectivity index (χ1v) is 11.9. The molecule has 1 amide bonds. The van der Waals surface area contributed by atoms with E-state index in [9.17, 15) is 9.59 Å². The van der Waals surface area contributed by atoms with Gasteiger partial charge in [0.2, 0.25) is 0 Å². The number of hydrogen-bond acceptors (Lipinski definition) is 4. The summed E-state index contributed by atoms with van der Waals surface area (Å²) in [5.41, 5.74) is 3.87. The Morgan fingerprint density at radius 3 is 1.84 bits per heavy atom. The molecular formula is C32H24N2O3. The van der Waals surface area contributed by atoms with Gasteiger partial charge in [0, 0.05) is 11.1 Å². The van der Waals surface area contributed by atoms with Gasteiger partial charge in [-0.25, -0.2) is 4.79 Å². The van der Waals surface area contributed by atoms with Crippen molar-refractivity contribution in [2.75, 3.05) is 4.90 Å². The Morgan fingerprint density at radius 2 is 1.22 bits per heavy atom. The fraction of sp³-hybridized carbons (Fsp3) is 0.0312. The Bertz CT molecular complexity index is 1490. The van der Waals surface area contributed by atoms with Crippen LogP contribution >= 0.6 is 0 Å². The fourth-order valence-electron chi connectivity index (χ4n) is 3.99. The van der Waals surface area contributed by atoms with Gasteiger partial charge in [-0.15, -0.1) is 0 Å². The summed E-state index contributed by atoms with van der Waals surface area (Å²) in [6, 6.07) is 39.0. The standard InChI is InChI=1S/C32H24N2O3/c35-31(26-17-9-3-10-18-26)34(23-24-13-5-1-6-14-24)29-21-28(25-15-7-2-8-16-25)33-22-30(29)37-32(36)27-19-11-4-12-20-27/h1-22H,23H2. The van der Waals surface area contributed by atoms with Gasteiger partial charge in [0.05, 0.1) is 29.7 Å². The molecule has 0 N–H and O–H groups in total. The number of hydrogen-bond donors (Lipinski definition) is 0. The lowest BCUT2D eigenvalue weighted by molar-refractivity contribution is 0.0733. The highest BCUT2D eigenvalue weighted by atomic mass is 16.5. The highest BCUT2D eigenvalue weighted by molar-refractivity contribution is 6.07. The number of benzene rings is 4. The number of amides is 1. The number of carbonyl (C=O) groups is 2. The maximum Gasteiger partial charge on any atom is 0.343 e. The maximum atomic E-state index is 13.9. The Morgan fingerprint density at radius 1 is 0.676 bits per heavy atom. The SMILES string of the molecule is O=C(Oc1cnc(-c2ccccc2)cc1N(Cc1ccccc1)C(=O)c1ccccc1)c1ccccc1. The van der Waals surface area contributed by atoms with Crippen LogP contribution in [0.4, 0.5) is 5.69 Å². The van der Waals surface area contributed by atoms with Gasteiger partial charge in [-0.1, -0.05) is 97.1 Å². The molecule has 5 nitrogen and oxygen atoms in total. The van der Waals surface area contributed by atoms with E-state index < -0.39 is 5.97 Å². The zero-order valence-corrected chi connectivity index (χ0v) is 20.0. The highest BCUT2D eigenvalue weighted by Gasteiger charge is 2.24. The number of carbonyl (C=O) groups excluding carboxylic acids is 2. The second kappa shape index (κ2) is 11.1. The molecule has 0 atom stereocenters. The minimum Gasteiger partial charge on any atom is -0.419 e. The van der Waals surface area contributed by atoms with Crippen molar-refractivity contribution >= 4 is 17.6 Å². The summed E-state index contributed by atoms with van der Waals surface area (Å²) in [6.45, 7) is 0.280. The molecule has 0 saturated heterocycles. The Kier molecular flexibility index (Phi) is 7.14. The summed E-state index contributed by atoms with van der Waals surface area (Å²) in [6.07, 6.45) is 1.51. The van der Waals surface area contributed by atoms with E-state index in [0.29, 0.717) is 22.5 Å². The molecular weight excluding hydrogens is 460 g/mol. The van der Waals surface area contributed by atoms with Gasteiger partial charge in [0.15, 0.2) is 5.75 Å². The number of esters is 1. The summed E-state index contributed by atoms with van der Waals surface area (Å²) in [5.74, 6) is -0.539. The van der Waals surface area contributed by atoms with Crippen molar-refractivity contribution in [1.29, 1.82) is 0 Å². The molecule has 0 fully saturated rings. The van der Waals surface area contributed by atoms with Gasteiger partial charge in [-0.05, 0) is 35.9 Å². The maximum absolute atomic E-state index is 13.9. The van der Waals surface area contributed by atoms with Gasteiger partial charge in [-0.2, -0.15) is 0 Å². The molecule has 5 heteroatoms. The second-order valence-corrected chi connectivity index (χ2v) is 8.40. The van der Waals surface area contributed by atoms with Crippen molar-refractivity contribution in [2.45, 2.75) is 6.54 Å². The van der Waals surface area contributed by atoms with Gasteiger partial charge in [-0.3, -0.25) is 9.78 Å². The van der Waals surface area contributed by atoms with Crippen molar-refractivity contribution in [2.24, 2.45) is 0 Å². The molecule has 37 heavy (non-hydrogen) atoms. The summed E-state index contributed by atoms with van der Waals surface area (Å²) >= 11 is 0. The summed E-state index contributed by atoms with van der Waals surface area (Å²) in [7, 11) is 0. The quantitative estimate of drug-likeness (QED) is 0.238. The van der Waals surface area contributed by atoms with Crippen LogP contribution in [0.5, 0.6) is 5.75 Å². The van der Waals surface area contributed by atoms with E-state index in [-0.39, 0.29) is 18.2 Å². The Balaban J connectivity index is 1.63. The molecule has 0 unspecified atom stereocenters. The molecule has 0 radical (unpaired) electrons. The van der Waals surface area contributed by atoms with E-state index in [0.717, 1.165) is 11.1 Å². The van der Waals surface area contributed by atoms with Crippen LogP contribution in [0.25, 0.3) is 11.3 Å². The summed E-state index contributed by atoms with van der Waals surface area (Å²) in [5, 5.41) is 0. The predicted octanol–water partition coefficient (Wildman–Crippen LogP) is 6.81. The van der Waals surface area contributed by atoms with E-state index in [1.807, 2.05) is 84.9 Å². The summed E-state index contributed by atoms with van der Waals surface area (Å²) in [4.78, 5) is 33.1. The van der Waals surface area contributed by atoms with E-state index in [4.69, 9.17) is 4.74 Å². The van der Waals surface area contributed by atoms with Gasteiger partial charge in [0.25, 0.3) is 5.91 Å². The van der Waals surface area contributed by atoms with Crippen LogP contribution in [-0.2, 0) is 6.54 Å². The number of aromatic nitrogens is 1. The van der Waals surface area contributed by atoms with E-state index in [1.165, 1.54) is 6.20 Å². The van der Waals surface area contributed by atoms with Crippen LogP contribution < -0.4 is 9.64 Å². The molecule has 5 rings (SSSR count). The number of anilines is 1. The monoisotopic (exact) mass is 484 g/mol. The molecule has 4 aromatic carbocycles. The van der Waals surface area contributed by atoms with E-state index in [2.05, 4.69) is 4.98 Å². The van der Waals surface area contributed by atoms with Gasteiger partial charge < -0.3 is 9.64 Å². The molecule has 0 saturated carbocycles. The van der Waals surface area contributed by atoms with Crippen LogP contribution in [-0.4, -0.2) is 16.9 Å². The average Bonchev–Trinajstić information content (AvgIpc) is 2.98. The third-order valence-electron chi connectivity index (χ3n) is 5.87. The van der Waals surface area contributed by atoms with Crippen LogP contribution in [0.1, 0.15) is 26.3 Å². The van der Waals surface area contributed by atoms with E-state index in [1.54, 1.807) is 47.4 Å². The van der Waals surface area contributed by atoms with Gasteiger partial charge in [0.1, 0.15) is 0 Å². The van der Waals surface area contributed by atoms with Gasteiger partial charge >= 0.3 is 5.97 Å². The average molecular weight is 485 g/mol. The molecule has 1 heterocycles. The minimum atomic E-state index is -0.525. The van der Waals surface area contributed by atoms with E-state index >= 15 is 0 Å². The third-order valence-corrected chi connectivity index (χ3v) is 5.87. The smallest absolute Gasteiger partial charge is 0.343 e. The molecule has 0 bridgehead atoms.